The number of fused-ring (bicyclic) bond motifs is 1. The minimum absolute atomic E-state index is 0.0907. The zero-order valence-electron chi connectivity index (χ0n) is 19.5. The minimum atomic E-state index is -1.40. The van der Waals surface area contributed by atoms with Crippen LogP contribution in [-0.2, 0) is 20.7 Å². The third kappa shape index (κ3) is 4.75. The summed E-state index contributed by atoms with van der Waals surface area (Å²) in [6, 6.07) is 0. The maximum atomic E-state index is 12.2. The average Bonchev–Trinajstić information content (AvgIpc) is 3.47. The van der Waals surface area contributed by atoms with Crippen molar-refractivity contribution in [2.75, 3.05) is 25.4 Å². The molecule has 190 valence electrons. The van der Waals surface area contributed by atoms with E-state index in [1.807, 2.05) is 0 Å². The summed E-state index contributed by atoms with van der Waals surface area (Å²) in [4.78, 5) is 39.4. The number of hydrogen-bond donors (Lipinski definition) is 4. The number of aromatic nitrogens is 4. The van der Waals surface area contributed by atoms with Crippen LogP contribution >= 0.6 is 0 Å². The SMILES string of the molecule is CCNC(=O)[C@H]1O[C@@H](n2cnc3c(N)nc(CC4CCN(C(=O)OC5CC5)CC4)nc32)C(O)C1O. The van der Waals surface area contributed by atoms with Gasteiger partial charge in [-0.1, -0.05) is 0 Å². The number of imidazole rings is 1. The zero-order valence-corrected chi connectivity index (χ0v) is 19.5. The van der Waals surface area contributed by atoms with Gasteiger partial charge in [0.25, 0.3) is 5.91 Å². The lowest BCUT2D eigenvalue weighted by molar-refractivity contribution is -0.137. The van der Waals surface area contributed by atoms with Crippen molar-refractivity contribution in [1.82, 2.24) is 29.7 Å². The van der Waals surface area contributed by atoms with Crippen molar-refractivity contribution in [3.05, 3.63) is 12.2 Å². The third-order valence-corrected chi connectivity index (χ3v) is 6.75. The molecule has 5 rings (SSSR count). The number of nitrogens with one attached hydrogen (secondary N) is 1. The van der Waals surface area contributed by atoms with Crippen LogP contribution in [0.4, 0.5) is 10.6 Å². The van der Waals surface area contributed by atoms with E-state index in [0.29, 0.717) is 43.0 Å². The number of piperidine rings is 1. The van der Waals surface area contributed by atoms with Crippen LogP contribution in [0, 0.1) is 5.92 Å². The quantitative estimate of drug-likeness (QED) is 0.422. The predicted molar refractivity (Wildman–Crippen MR) is 122 cm³/mol. The Labute approximate surface area is 201 Å². The second-order valence-corrected chi connectivity index (χ2v) is 9.39. The summed E-state index contributed by atoms with van der Waals surface area (Å²) < 4.78 is 12.6. The first kappa shape index (κ1) is 23.7. The van der Waals surface area contributed by atoms with Gasteiger partial charge in [-0.2, -0.15) is 0 Å². The number of nitrogens with zero attached hydrogens (tertiary/aromatic N) is 5. The standard InChI is InChI=1S/C22H31N7O6/c1-2-24-20(32)17-15(30)16(31)21(35-17)29-10-25-14-18(23)26-13(27-19(14)29)9-11-5-7-28(8-6-11)22(33)34-12-3-4-12/h10-12,15-17,21,30-31H,2-9H2,1H3,(H,24,32)(H2,23,26,27)/t15?,16?,17-,21+/m0/s1. The summed E-state index contributed by atoms with van der Waals surface area (Å²) in [5, 5.41) is 23.5. The van der Waals surface area contributed by atoms with Crippen molar-refractivity contribution in [3.63, 3.8) is 0 Å². The number of carbonyl (C=O) groups is 2. The first-order valence-electron chi connectivity index (χ1n) is 12.1. The highest BCUT2D eigenvalue weighted by Crippen LogP contribution is 2.33. The number of ether oxygens (including phenoxy) is 2. The molecular weight excluding hydrogens is 458 g/mol. The smallest absolute Gasteiger partial charge is 0.410 e. The number of carbonyl (C=O) groups excluding carboxylic acids is 2. The van der Waals surface area contributed by atoms with Crippen molar-refractivity contribution in [1.29, 1.82) is 0 Å². The number of rotatable bonds is 6. The molecule has 4 atom stereocenters. The Balaban J connectivity index is 1.29. The monoisotopic (exact) mass is 489 g/mol. The van der Waals surface area contributed by atoms with Crippen LogP contribution in [0.5, 0.6) is 0 Å². The third-order valence-electron chi connectivity index (χ3n) is 6.75. The molecule has 3 aliphatic rings. The second kappa shape index (κ2) is 9.55. The van der Waals surface area contributed by atoms with Crippen molar-refractivity contribution >= 4 is 29.0 Å². The predicted octanol–water partition coefficient (Wildman–Crippen LogP) is -0.283. The Kier molecular flexibility index (Phi) is 6.47. The second-order valence-electron chi connectivity index (χ2n) is 9.39. The first-order valence-corrected chi connectivity index (χ1v) is 12.1. The highest BCUT2D eigenvalue weighted by atomic mass is 16.6. The molecule has 0 bridgehead atoms. The number of anilines is 1. The highest BCUT2D eigenvalue weighted by molar-refractivity contribution is 5.83. The van der Waals surface area contributed by atoms with Gasteiger partial charge < -0.3 is 35.6 Å². The maximum absolute atomic E-state index is 12.2. The van der Waals surface area contributed by atoms with E-state index in [4.69, 9.17) is 15.2 Å². The lowest BCUT2D eigenvalue weighted by Crippen LogP contribution is -2.42. The van der Waals surface area contributed by atoms with Gasteiger partial charge in [-0.3, -0.25) is 9.36 Å². The summed E-state index contributed by atoms with van der Waals surface area (Å²) in [6.45, 7) is 3.36. The van der Waals surface area contributed by atoms with Crippen LogP contribution in [0.25, 0.3) is 11.2 Å². The average molecular weight is 490 g/mol. The van der Waals surface area contributed by atoms with E-state index < -0.39 is 30.4 Å². The summed E-state index contributed by atoms with van der Waals surface area (Å²) in [5.74, 6) is 0.477. The van der Waals surface area contributed by atoms with Gasteiger partial charge in [-0.25, -0.2) is 19.7 Å². The van der Waals surface area contributed by atoms with Gasteiger partial charge in [0.15, 0.2) is 23.8 Å². The molecule has 35 heavy (non-hydrogen) atoms. The lowest BCUT2D eigenvalue weighted by atomic mass is 9.93. The molecule has 4 heterocycles. The Bertz CT molecular complexity index is 1100. The minimum Gasteiger partial charge on any atom is -0.446 e. The molecule has 3 fully saturated rings. The molecule has 2 unspecified atom stereocenters. The molecule has 2 amide bonds. The number of nitrogens with two attached hydrogens (primary N) is 1. The number of amides is 2. The van der Waals surface area contributed by atoms with Crippen molar-refractivity contribution in [2.45, 2.75) is 69.7 Å². The lowest BCUT2D eigenvalue weighted by Gasteiger charge is -2.31. The number of nitrogen functional groups attached to an aromatic ring is 1. The fraction of sp³-hybridized carbons (Fsp3) is 0.682. The van der Waals surface area contributed by atoms with Gasteiger partial charge in [0, 0.05) is 26.1 Å². The van der Waals surface area contributed by atoms with E-state index in [2.05, 4.69) is 20.3 Å². The van der Waals surface area contributed by atoms with Crippen LogP contribution in [-0.4, -0.2) is 90.7 Å². The van der Waals surface area contributed by atoms with Crippen molar-refractivity contribution in [2.24, 2.45) is 5.92 Å². The molecule has 1 aliphatic carbocycles. The van der Waals surface area contributed by atoms with Crippen LogP contribution < -0.4 is 11.1 Å². The van der Waals surface area contributed by atoms with Crippen LogP contribution in [0.3, 0.4) is 0 Å². The molecule has 2 saturated heterocycles. The Morgan fingerprint density at radius 3 is 2.63 bits per heavy atom. The van der Waals surface area contributed by atoms with E-state index >= 15 is 0 Å². The van der Waals surface area contributed by atoms with Crippen LogP contribution in [0.1, 0.15) is 44.7 Å². The zero-order chi connectivity index (χ0) is 24.7. The molecule has 5 N–H and O–H groups in total. The van der Waals surface area contributed by atoms with Gasteiger partial charge >= 0.3 is 6.09 Å². The van der Waals surface area contributed by atoms with Crippen LogP contribution in [0.15, 0.2) is 6.33 Å². The highest BCUT2D eigenvalue weighted by Gasteiger charge is 2.47. The number of aliphatic hydroxyl groups is 2. The van der Waals surface area contributed by atoms with Gasteiger partial charge in [0.2, 0.25) is 0 Å². The summed E-state index contributed by atoms with van der Waals surface area (Å²) in [5.41, 5.74) is 6.85. The van der Waals surface area contributed by atoms with E-state index in [9.17, 15) is 19.8 Å². The maximum Gasteiger partial charge on any atom is 0.410 e. The molecule has 2 aromatic heterocycles. The van der Waals surface area contributed by atoms with Crippen LogP contribution in [0.2, 0.25) is 0 Å². The molecule has 13 heteroatoms. The van der Waals surface area contributed by atoms with Gasteiger partial charge in [-0.05, 0) is 38.5 Å². The summed E-state index contributed by atoms with van der Waals surface area (Å²) in [6.07, 6.45) is 0.276. The van der Waals surface area contributed by atoms with E-state index in [1.165, 1.54) is 10.9 Å². The summed E-state index contributed by atoms with van der Waals surface area (Å²) in [7, 11) is 0. The Hall–Kier alpha value is -3.03. The number of likely N-dealkylation sites (N-methyl/N-ethyl adjacent to an activating group) is 1. The molecule has 13 nitrogen and oxygen atoms in total. The largest absolute Gasteiger partial charge is 0.446 e. The topological polar surface area (TPSA) is 178 Å². The first-order chi connectivity index (χ1) is 16.9. The van der Waals surface area contributed by atoms with Gasteiger partial charge in [0.05, 0.1) is 6.33 Å². The summed E-state index contributed by atoms with van der Waals surface area (Å²) >= 11 is 0. The molecular formula is C22H31N7O6. The van der Waals surface area contributed by atoms with E-state index in [0.717, 1.165) is 25.7 Å². The van der Waals surface area contributed by atoms with Crippen molar-refractivity contribution in [3.8, 4) is 0 Å². The van der Waals surface area contributed by atoms with E-state index in [-0.39, 0.29) is 23.9 Å². The molecule has 2 aromatic rings. The fourth-order valence-electron chi connectivity index (χ4n) is 4.62. The fourth-order valence-corrected chi connectivity index (χ4v) is 4.62. The molecule has 0 radical (unpaired) electrons. The van der Waals surface area contributed by atoms with Crippen molar-refractivity contribution < 1.29 is 29.3 Å². The number of aliphatic hydroxyl groups excluding tert-OH is 2. The molecule has 1 saturated carbocycles. The number of hydrogen-bond acceptors (Lipinski definition) is 10. The Morgan fingerprint density at radius 1 is 1.20 bits per heavy atom. The molecule has 0 spiro atoms. The van der Waals surface area contributed by atoms with E-state index in [1.54, 1.807) is 11.8 Å². The molecule has 2 aliphatic heterocycles. The normalized spacial score (nSPS) is 27.3. The Morgan fingerprint density at radius 2 is 1.94 bits per heavy atom. The van der Waals surface area contributed by atoms with Gasteiger partial charge in [-0.15, -0.1) is 0 Å². The number of likely N-dealkylation sites (tertiary alicyclic amines) is 1. The molecule has 0 aromatic carbocycles. The van der Waals surface area contributed by atoms with Gasteiger partial charge in [0.1, 0.15) is 29.7 Å².